The lowest BCUT2D eigenvalue weighted by Gasteiger charge is -2.40. The second kappa shape index (κ2) is 9.99. The van der Waals surface area contributed by atoms with Crippen molar-refractivity contribution in [2.24, 2.45) is 11.8 Å². The molecule has 0 spiro atoms. The Morgan fingerprint density at radius 2 is 1.78 bits per heavy atom. The van der Waals surface area contributed by atoms with Crippen LogP contribution in [0.15, 0.2) is 48.7 Å². The van der Waals surface area contributed by atoms with Crippen LogP contribution in [0.2, 0.25) is 0 Å². The van der Waals surface area contributed by atoms with E-state index < -0.39 is 17.7 Å². The van der Waals surface area contributed by atoms with Gasteiger partial charge in [-0.3, -0.25) is 19.8 Å². The molecule has 170 valence electrons. The highest BCUT2D eigenvalue weighted by Crippen LogP contribution is 2.34. The molecule has 1 aromatic heterocycles. The van der Waals surface area contributed by atoms with E-state index in [0.29, 0.717) is 38.1 Å². The number of hydrogen-bond acceptors (Lipinski definition) is 6. The number of nitrogens with zero attached hydrogens (tertiary/aromatic N) is 3. The van der Waals surface area contributed by atoms with Crippen LogP contribution in [0.25, 0.3) is 0 Å². The first-order chi connectivity index (χ1) is 15.5. The number of carbonyl (C=O) groups excluding carboxylic acids is 2. The van der Waals surface area contributed by atoms with Gasteiger partial charge in [-0.25, -0.2) is 5.48 Å². The van der Waals surface area contributed by atoms with Crippen molar-refractivity contribution in [2.45, 2.75) is 32.3 Å². The summed E-state index contributed by atoms with van der Waals surface area (Å²) < 4.78 is 6.02. The summed E-state index contributed by atoms with van der Waals surface area (Å²) in [4.78, 5) is 34.1. The number of piperazine rings is 1. The van der Waals surface area contributed by atoms with E-state index in [1.807, 2.05) is 42.2 Å². The molecule has 32 heavy (non-hydrogen) atoms. The molecule has 2 heterocycles. The molecule has 3 atom stereocenters. The third-order valence-corrected chi connectivity index (χ3v) is 6.47. The predicted molar refractivity (Wildman–Crippen MR) is 119 cm³/mol. The highest BCUT2D eigenvalue weighted by Gasteiger charge is 2.42. The molecule has 8 nitrogen and oxygen atoms in total. The van der Waals surface area contributed by atoms with Gasteiger partial charge in [0.1, 0.15) is 5.75 Å². The van der Waals surface area contributed by atoms with E-state index in [-0.39, 0.29) is 12.0 Å². The van der Waals surface area contributed by atoms with Crippen molar-refractivity contribution in [3.63, 3.8) is 0 Å². The van der Waals surface area contributed by atoms with Gasteiger partial charge in [-0.15, -0.1) is 0 Å². The maximum absolute atomic E-state index is 13.3. The van der Waals surface area contributed by atoms with Crippen molar-refractivity contribution in [2.75, 3.05) is 31.1 Å². The van der Waals surface area contributed by atoms with Crippen LogP contribution in [0, 0.1) is 18.8 Å². The van der Waals surface area contributed by atoms with Gasteiger partial charge < -0.3 is 14.5 Å². The maximum Gasteiger partial charge on any atom is 0.247 e. The third kappa shape index (κ3) is 5.02. The minimum absolute atomic E-state index is 0.0123. The Morgan fingerprint density at radius 1 is 1.03 bits per heavy atom. The van der Waals surface area contributed by atoms with Crippen molar-refractivity contribution in [3.05, 3.63) is 54.4 Å². The van der Waals surface area contributed by atoms with Crippen LogP contribution in [-0.4, -0.2) is 59.2 Å². The molecule has 1 aliphatic carbocycles. The number of aromatic nitrogens is 1. The average Bonchev–Trinajstić information content (AvgIpc) is 2.85. The second-order valence-corrected chi connectivity index (χ2v) is 8.53. The van der Waals surface area contributed by atoms with Crippen LogP contribution >= 0.6 is 0 Å². The lowest BCUT2D eigenvalue weighted by Crippen LogP contribution is -2.53. The van der Waals surface area contributed by atoms with E-state index in [9.17, 15) is 14.8 Å². The van der Waals surface area contributed by atoms with Gasteiger partial charge in [0.15, 0.2) is 0 Å². The monoisotopic (exact) mass is 438 g/mol. The van der Waals surface area contributed by atoms with Crippen LogP contribution in [-0.2, 0) is 9.59 Å². The molecule has 1 aliphatic heterocycles. The highest BCUT2D eigenvalue weighted by molar-refractivity contribution is 5.87. The number of hydrogen-bond donors (Lipinski definition) is 2. The Balaban J connectivity index is 1.38. The SMILES string of the molecule is Cc1ccc(OC2CCC(C(=O)N3CCN(c4ccccc4)CC3)C(C(=O)NO)C2)cn1. The molecule has 0 radical (unpaired) electrons. The maximum atomic E-state index is 13.3. The topological polar surface area (TPSA) is 95.0 Å². The zero-order chi connectivity index (χ0) is 22.5. The van der Waals surface area contributed by atoms with Gasteiger partial charge in [0, 0.05) is 37.6 Å². The minimum Gasteiger partial charge on any atom is -0.489 e. The Hall–Kier alpha value is -3.13. The van der Waals surface area contributed by atoms with Gasteiger partial charge in [-0.05, 0) is 50.5 Å². The summed E-state index contributed by atoms with van der Waals surface area (Å²) in [6.07, 6.45) is 3.05. The molecular weight excluding hydrogens is 408 g/mol. The molecule has 3 unspecified atom stereocenters. The molecule has 8 heteroatoms. The first-order valence-electron chi connectivity index (χ1n) is 11.2. The summed E-state index contributed by atoms with van der Waals surface area (Å²) in [5.41, 5.74) is 3.81. The first kappa shape index (κ1) is 22.1. The number of benzene rings is 1. The quantitative estimate of drug-likeness (QED) is 0.550. The van der Waals surface area contributed by atoms with E-state index in [0.717, 1.165) is 24.5 Å². The third-order valence-electron chi connectivity index (χ3n) is 6.47. The number of pyridine rings is 1. The fraction of sp³-hybridized carbons (Fsp3) is 0.458. The Labute approximate surface area is 188 Å². The molecule has 1 aromatic carbocycles. The number of anilines is 1. The predicted octanol–water partition coefficient (Wildman–Crippen LogP) is 2.41. The number of rotatable bonds is 5. The van der Waals surface area contributed by atoms with Crippen molar-refractivity contribution < 1.29 is 19.5 Å². The number of nitrogens with one attached hydrogen (secondary N) is 1. The van der Waals surface area contributed by atoms with E-state index in [2.05, 4.69) is 22.0 Å². The summed E-state index contributed by atoms with van der Waals surface area (Å²) in [5, 5.41) is 9.28. The molecule has 2 fully saturated rings. The van der Waals surface area contributed by atoms with E-state index in [4.69, 9.17) is 4.74 Å². The summed E-state index contributed by atoms with van der Waals surface area (Å²) in [7, 11) is 0. The molecule has 2 amide bonds. The standard InChI is InChI=1S/C24H30N4O4/c1-17-7-8-20(16-25-17)32-19-9-10-21(22(15-19)23(29)26-31)24(30)28-13-11-27(12-14-28)18-5-3-2-4-6-18/h2-8,16,19,21-22,31H,9-15H2,1H3,(H,26,29). The number of ether oxygens (including phenoxy) is 1. The zero-order valence-electron chi connectivity index (χ0n) is 18.3. The van der Waals surface area contributed by atoms with Gasteiger partial charge in [-0.2, -0.15) is 0 Å². The van der Waals surface area contributed by atoms with Crippen molar-refractivity contribution in [3.8, 4) is 5.75 Å². The molecule has 2 aliphatic rings. The smallest absolute Gasteiger partial charge is 0.247 e. The van der Waals surface area contributed by atoms with Crippen LogP contribution in [0.3, 0.4) is 0 Å². The summed E-state index contributed by atoms with van der Waals surface area (Å²) in [6, 6.07) is 13.9. The fourth-order valence-electron chi connectivity index (χ4n) is 4.68. The summed E-state index contributed by atoms with van der Waals surface area (Å²) in [6.45, 7) is 4.65. The van der Waals surface area contributed by atoms with Gasteiger partial charge in [-0.1, -0.05) is 18.2 Å². The van der Waals surface area contributed by atoms with Gasteiger partial charge in [0.2, 0.25) is 11.8 Å². The van der Waals surface area contributed by atoms with Crippen LogP contribution < -0.4 is 15.1 Å². The van der Waals surface area contributed by atoms with E-state index in [1.54, 1.807) is 11.7 Å². The van der Waals surface area contributed by atoms with Crippen LogP contribution in [0.4, 0.5) is 5.69 Å². The highest BCUT2D eigenvalue weighted by atomic mass is 16.5. The molecule has 1 saturated carbocycles. The molecule has 0 bridgehead atoms. The first-order valence-corrected chi connectivity index (χ1v) is 11.2. The molecular formula is C24H30N4O4. The molecule has 4 rings (SSSR count). The molecule has 1 saturated heterocycles. The minimum atomic E-state index is -0.628. The Morgan fingerprint density at radius 3 is 2.44 bits per heavy atom. The van der Waals surface area contributed by atoms with Gasteiger partial charge >= 0.3 is 0 Å². The second-order valence-electron chi connectivity index (χ2n) is 8.53. The normalized spacial score (nSPS) is 23.5. The number of amides is 2. The number of aryl methyl sites for hydroxylation is 1. The largest absolute Gasteiger partial charge is 0.489 e. The Kier molecular flexibility index (Phi) is 6.90. The molecule has 2 aromatic rings. The molecule has 2 N–H and O–H groups in total. The zero-order valence-corrected chi connectivity index (χ0v) is 18.3. The van der Waals surface area contributed by atoms with Crippen molar-refractivity contribution in [1.82, 2.24) is 15.4 Å². The lowest BCUT2D eigenvalue weighted by atomic mass is 9.76. The average molecular weight is 439 g/mol. The lowest BCUT2D eigenvalue weighted by molar-refractivity contribution is -0.148. The number of hydroxylamine groups is 1. The van der Waals surface area contributed by atoms with Gasteiger partial charge in [0.25, 0.3) is 0 Å². The van der Waals surface area contributed by atoms with Crippen LogP contribution in [0.5, 0.6) is 5.75 Å². The number of para-hydroxylation sites is 1. The van der Waals surface area contributed by atoms with Gasteiger partial charge in [0.05, 0.1) is 24.1 Å². The van der Waals surface area contributed by atoms with Crippen molar-refractivity contribution >= 4 is 17.5 Å². The summed E-state index contributed by atoms with van der Waals surface area (Å²) in [5.74, 6) is -0.979. The fourth-order valence-corrected chi connectivity index (χ4v) is 4.68. The van der Waals surface area contributed by atoms with E-state index in [1.165, 1.54) is 0 Å². The van der Waals surface area contributed by atoms with Crippen LogP contribution in [0.1, 0.15) is 25.0 Å². The summed E-state index contributed by atoms with van der Waals surface area (Å²) >= 11 is 0. The van der Waals surface area contributed by atoms with E-state index >= 15 is 0 Å². The number of carbonyl (C=O) groups is 2. The Bertz CT molecular complexity index is 913. The van der Waals surface area contributed by atoms with Crippen molar-refractivity contribution in [1.29, 1.82) is 0 Å².